The van der Waals surface area contributed by atoms with Gasteiger partial charge in [-0.1, -0.05) is 43.2 Å². The van der Waals surface area contributed by atoms with E-state index in [4.69, 9.17) is 14.2 Å². The van der Waals surface area contributed by atoms with Crippen molar-refractivity contribution in [1.82, 2.24) is 10.2 Å². The molecule has 2 aliphatic rings. The number of rotatable bonds is 11. The minimum absolute atomic E-state index is 0.0337. The quantitative estimate of drug-likeness (QED) is 0.349. The van der Waals surface area contributed by atoms with Crippen molar-refractivity contribution in [3.63, 3.8) is 0 Å². The van der Waals surface area contributed by atoms with Crippen molar-refractivity contribution >= 4 is 27.5 Å². The highest BCUT2D eigenvalue weighted by molar-refractivity contribution is 7.92. The van der Waals surface area contributed by atoms with Gasteiger partial charge in [0.1, 0.15) is 31.5 Å². The number of nitrogens with one attached hydrogen (secondary N) is 1. The van der Waals surface area contributed by atoms with Crippen LogP contribution in [0.4, 0.5) is 5.69 Å². The van der Waals surface area contributed by atoms with Crippen LogP contribution < -0.4 is 23.8 Å². The van der Waals surface area contributed by atoms with Crippen LogP contribution in [-0.4, -0.2) is 64.1 Å². The van der Waals surface area contributed by atoms with Crippen molar-refractivity contribution in [2.75, 3.05) is 31.2 Å². The van der Waals surface area contributed by atoms with Gasteiger partial charge in [-0.15, -0.1) is 0 Å². The Morgan fingerprint density at radius 2 is 1.63 bits per heavy atom. The van der Waals surface area contributed by atoms with Crippen LogP contribution in [-0.2, 0) is 26.2 Å². The Balaban J connectivity index is 1.48. The van der Waals surface area contributed by atoms with Crippen molar-refractivity contribution in [3.8, 4) is 17.2 Å². The topological polar surface area (TPSA) is 114 Å². The number of fused-ring (bicyclic) bond motifs is 1. The molecule has 0 unspecified atom stereocenters. The number of methoxy groups -OCH3 is 1. The molecular formula is C32H37N3O7S. The lowest BCUT2D eigenvalue weighted by molar-refractivity contribution is -0.139. The highest BCUT2D eigenvalue weighted by Crippen LogP contribution is 2.36. The van der Waals surface area contributed by atoms with Gasteiger partial charge in [-0.05, 0) is 61.7 Å². The summed E-state index contributed by atoms with van der Waals surface area (Å²) in [5.74, 6) is 0.748. The molecule has 1 N–H and O–H groups in total. The Bertz CT molecular complexity index is 1520. The fraction of sp³-hybridized carbons (Fsp3) is 0.375. The van der Waals surface area contributed by atoms with Gasteiger partial charge in [0.05, 0.1) is 17.7 Å². The Morgan fingerprint density at radius 1 is 0.953 bits per heavy atom. The minimum Gasteiger partial charge on any atom is -0.497 e. The Hall–Kier alpha value is -4.25. The van der Waals surface area contributed by atoms with Gasteiger partial charge in [0, 0.05) is 18.7 Å². The van der Waals surface area contributed by atoms with E-state index in [-0.39, 0.29) is 29.1 Å². The molecule has 3 aromatic rings. The molecule has 43 heavy (non-hydrogen) atoms. The third-order valence-electron chi connectivity index (χ3n) is 7.80. The molecule has 1 heterocycles. The molecule has 0 radical (unpaired) electrons. The van der Waals surface area contributed by atoms with Gasteiger partial charge < -0.3 is 24.4 Å². The lowest BCUT2D eigenvalue weighted by atomic mass is 10.1. The molecule has 2 amide bonds. The maximum Gasteiger partial charge on any atom is 0.264 e. The SMILES string of the molecule is COc1ccc(CN(C(=O)CN(c2ccc3c(c2)OCCO3)S(=O)(=O)c2ccccc2)[C@@H](C)C(=O)NC2CCCC2)cc1. The van der Waals surface area contributed by atoms with Crippen LogP contribution in [0.2, 0.25) is 0 Å². The molecule has 0 spiro atoms. The van der Waals surface area contributed by atoms with Crippen LogP contribution in [0.15, 0.2) is 77.7 Å². The van der Waals surface area contributed by atoms with E-state index < -0.39 is 28.5 Å². The number of nitrogens with zero attached hydrogens (tertiary/aromatic N) is 2. The number of carbonyl (C=O) groups excluding carboxylic acids is 2. The smallest absolute Gasteiger partial charge is 0.264 e. The molecule has 1 atom stereocenters. The summed E-state index contributed by atoms with van der Waals surface area (Å²) in [6, 6.07) is 19.1. The first kappa shape index (κ1) is 30.2. The van der Waals surface area contributed by atoms with Crippen LogP contribution in [0.3, 0.4) is 0 Å². The first-order valence-corrected chi connectivity index (χ1v) is 15.9. The minimum atomic E-state index is -4.18. The van der Waals surface area contributed by atoms with Gasteiger partial charge in [-0.25, -0.2) is 8.42 Å². The van der Waals surface area contributed by atoms with Crippen LogP contribution in [0.1, 0.15) is 38.2 Å². The number of benzene rings is 3. The Kier molecular flexibility index (Phi) is 9.40. The summed E-state index contributed by atoms with van der Waals surface area (Å²) in [5.41, 5.74) is 1.01. The number of carbonyl (C=O) groups is 2. The molecule has 0 bridgehead atoms. The molecule has 1 aliphatic carbocycles. The molecule has 11 heteroatoms. The third-order valence-corrected chi connectivity index (χ3v) is 9.59. The maximum absolute atomic E-state index is 14.2. The number of amides is 2. The first-order chi connectivity index (χ1) is 20.8. The molecule has 228 valence electrons. The second kappa shape index (κ2) is 13.4. The maximum atomic E-state index is 14.2. The van der Waals surface area contributed by atoms with Gasteiger partial charge >= 0.3 is 0 Å². The molecule has 3 aromatic carbocycles. The summed E-state index contributed by atoms with van der Waals surface area (Å²) in [4.78, 5) is 29.0. The average Bonchev–Trinajstić information content (AvgIpc) is 3.55. The van der Waals surface area contributed by atoms with E-state index >= 15 is 0 Å². The lowest BCUT2D eigenvalue weighted by Gasteiger charge is -2.32. The summed E-state index contributed by atoms with van der Waals surface area (Å²) in [6.45, 7) is 1.95. The first-order valence-electron chi connectivity index (χ1n) is 14.5. The lowest BCUT2D eigenvalue weighted by Crippen LogP contribution is -2.52. The number of hydrogen-bond donors (Lipinski definition) is 1. The number of ether oxygens (including phenoxy) is 3. The van der Waals surface area contributed by atoms with Crippen molar-refractivity contribution in [1.29, 1.82) is 0 Å². The standard InChI is InChI=1S/C32H37N3O7S/c1-23(32(37)33-25-8-6-7-9-25)34(21-24-12-15-27(40-2)16-13-24)31(36)22-35(43(38,39)28-10-4-3-5-11-28)26-14-17-29-30(20-26)42-19-18-41-29/h3-5,10-17,20,23,25H,6-9,18-19,21-22H2,1-2H3,(H,33,37)/t23-/m0/s1. The Labute approximate surface area is 252 Å². The van der Waals surface area contributed by atoms with E-state index in [9.17, 15) is 18.0 Å². The van der Waals surface area contributed by atoms with Crippen molar-refractivity contribution in [2.45, 2.75) is 56.1 Å². The summed E-state index contributed by atoms with van der Waals surface area (Å²) < 4.78 is 45.7. The fourth-order valence-corrected chi connectivity index (χ4v) is 6.76. The van der Waals surface area contributed by atoms with Crippen LogP contribution >= 0.6 is 0 Å². The van der Waals surface area contributed by atoms with Gasteiger partial charge in [0.25, 0.3) is 10.0 Å². The molecule has 0 saturated heterocycles. The second-order valence-electron chi connectivity index (χ2n) is 10.7. The largest absolute Gasteiger partial charge is 0.497 e. The van der Waals surface area contributed by atoms with Crippen molar-refractivity contribution < 1.29 is 32.2 Å². The molecule has 1 aliphatic heterocycles. The van der Waals surface area contributed by atoms with Crippen LogP contribution in [0, 0.1) is 0 Å². The van der Waals surface area contributed by atoms with Gasteiger partial charge in [-0.2, -0.15) is 0 Å². The molecule has 1 saturated carbocycles. The third kappa shape index (κ3) is 7.05. The molecule has 0 aromatic heterocycles. The number of anilines is 1. The van der Waals surface area contributed by atoms with Gasteiger partial charge in [-0.3, -0.25) is 13.9 Å². The number of hydrogen-bond acceptors (Lipinski definition) is 7. The predicted octanol–water partition coefficient (Wildman–Crippen LogP) is 4.14. The summed E-state index contributed by atoms with van der Waals surface area (Å²) in [7, 11) is -2.61. The number of sulfonamides is 1. The zero-order valence-corrected chi connectivity index (χ0v) is 25.2. The fourth-order valence-electron chi connectivity index (χ4n) is 5.34. The highest BCUT2D eigenvalue weighted by atomic mass is 32.2. The molecule has 10 nitrogen and oxygen atoms in total. The van der Waals surface area contributed by atoms with Crippen LogP contribution in [0.25, 0.3) is 0 Å². The summed E-state index contributed by atoms with van der Waals surface area (Å²) in [5, 5.41) is 3.08. The molecule has 5 rings (SSSR count). The predicted molar refractivity (Wildman–Crippen MR) is 162 cm³/mol. The summed E-state index contributed by atoms with van der Waals surface area (Å²) >= 11 is 0. The highest BCUT2D eigenvalue weighted by Gasteiger charge is 2.34. The zero-order valence-electron chi connectivity index (χ0n) is 24.4. The van der Waals surface area contributed by atoms with E-state index in [1.54, 1.807) is 62.6 Å². The normalized spacial score (nSPS) is 15.4. The van der Waals surface area contributed by atoms with Crippen LogP contribution in [0.5, 0.6) is 17.2 Å². The van der Waals surface area contributed by atoms with E-state index in [1.807, 2.05) is 12.1 Å². The monoisotopic (exact) mass is 607 g/mol. The Morgan fingerprint density at radius 3 is 2.30 bits per heavy atom. The van der Waals surface area contributed by atoms with Crippen molar-refractivity contribution in [2.24, 2.45) is 0 Å². The summed E-state index contributed by atoms with van der Waals surface area (Å²) in [6.07, 6.45) is 3.90. The van der Waals surface area contributed by atoms with E-state index in [2.05, 4.69) is 5.32 Å². The average molecular weight is 608 g/mol. The molecule has 1 fully saturated rings. The van der Waals surface area contributed by atoms with Gasteiger partial charge in [0.15, 0.2) is 11.5 Å². The second-order valence-corrected chi connectivity index (χ2v) is 12.6. The van der Waals surface area contributed by atoms with E-state index in [0.29, 0.717) is 30.5 Å². The van der Waals surface area contributed by atoms with E-state index in [0.717, 1.165) is 35.6 Å². The van der Waals surface area contributed by atoms with E-state index in [1.165, 1.54) is 17.0 Å². The molecular weight excluding hydrogens is 570 g/mol. The van der Waals surface area contributed by atoms with Crippen molar-refractivity contribution in [3.05, 3.63) is 78.4 Å². The zero-order chi connectivity index (χ0) is 30.4. The van der Waals surface area contributed by atoms with Gasteiger partial charge in [0.2, 0.25) is 11.8 Å².